The summed E-state index contributed by atoms with van der Waals surface area (Å²) in [6.07, 6.45) is 6.81. The molecule has 1 saturated heterocycles. The fourth-order valence-corrected chi connectivity index (χ4v) is 3.81. The average Bonchev–Trinajstić information content (AvgIpc) is 3.22. The summed E-state index contributed by atoms with van der Waals surface area (Å²) < 4.78 is 1.88. The third-order valence-corrected chi connectivity index (χ3v) is 5.37. The first-order valence-electron chi connectivity index (χ1n) is 10.2. The number of carbonyl (C=O) groups excluding carboxylic acids is 1. The highest BCUT2D eigenvalue weighted by Crippen LogP contribution is 2.26. The van der Waals surface area contributed by atoms with E-state index in [1.807, 2.05) is 34.0 Å². The largest absolute Gasteiger partial charge is 0.330 e. The second-order valence-corrected chi connectivity index (χ2v) is 7.25. The van der Waals surface area contributed by atoms with E-state index >= 15 is 0 Å². The Bertz CT molecular complexity index is 708. The van der Waals surface area contributed by atoms with E-state index in [2.05, 4.69) is 41.6 Å². The first kappa shape index (κ1) is 19.5. The van der Waals surface area contributed by atoms with Crippen molar-refractivity contribution in [1.82, 2.24) is 25.2 Å². The Hall–Kier alpha value is -2.21. The molecule has 1 aromatic carbocycles. The van der Waals surface area contributed by atoms with E-state index in [1.165, 1.54) is 5.56 Å². The third kappa shape index (κ3) is 4.75. The summed E-state index contributed by atoms with van der Waals surface area (Å²) in [6, 6.07) is 10.7. The van der Waals surface area contributed by atoms with Gasteiger partial charge in [-0.2, -0.15) is 0 Å². The number of rotatable bonds is 8. The van der Waals surface area contributed by atoms with Crippen LogP contribution in [0.15, 0.2) is 36.5 Å². The number of piperidine rings is 1. The predicted molar refractivity (Wildman–Crippen MR) is 107 cm³/mol. The van der Waals surface area contributed by atoms with Crippen LogP contribution >= 0.6 is 0 Å². The molecule has 1 atom stereocenters. The first-order chi connectivity index (χ1) is 13.2. The molecule has 0 aliphatic carbocycles. The maximum Gasteiger partial charge on any atom is 0.276 e. The average molecular weight is 370 g/mol. The lowest BCUT2D eigenvalue weighted by Gasteiger charge is -2.31. The van der Waals surface area contributed by atoms with Gasteiger partial charge in [0.25, 0.3) is 5.91 Å². The molecule has 1 aromatic heterocycles. The minimum Gasteiger partial charge on any atom is -0.330 e. The Labute approximate surface area is 161 Å². The van der Waals surface area contributed by atoms with Gasteiger partial charge in [-0.1, -0.05) is 55.8 Å². The van der Waals surface area contributed by atoms with Crippen LogP contribution in [0.2, 0.25) is 0 Å². The van der Waals surface area contributed by atoms with E-state index < -0.39 is 0 Å². The molecule has 1 amide bonds. The zero-order chi connectivity index (χ0) is 19.1. The molecule has 1 unspecified atom stereocenters. The maximum absolute atomic E-state index is 13.3. The molecule has 146 valence electrons. The number of hydrogen-bond acceptors (Lipinski definition) is 4. The van der Waals surface area contributed by atoms with Crippen molar-refractivity contribution in [2.75, 3.05) is 19.6 Å². The van der Waals surface area contributed by atoms with Crippen molar-refractivity contribution in [3.05, 3.63) is 47.8 Å². The second-order valence-electron chi connectivity index (χ2n) is 7.25. The molecular weight excluding hydrogens is 338 g/mol. The molecule has 3 rings (SSSR count). The van der Waals surface area contributed by atoms with E-state index in [-0.39, 0.29) is 11.9 Å². The van der Waals surface area contributed by atoms with Gasteiger partial charge in [-0.25, -0.2) is 4.68 Å². The number of hydrogen-bond donors (Lipinski definition) is 1. The number of aromatic nitrogens is 3. The van der Waals surface area contributed by atoms with E-state index in [4.69, 9.17) is 0 Å². The topological polar surface area (TPSA) is 63.1 Å². The molecule has 0 spiro atoms. The standard InChI is InChI=1S/C21H31N5O/c1-3-5-15-25(20(4-2)17-9-7-6-8-10-17)21(27)19-16-26(24-23-19)18-11-13-22-14-12-18/h6-10,16,18,20,22H,3-5,11-15H2,1-2H3. The number of benzene rings is 1. The van der Waals surface area contributed by atoms with Gasteiger partial charge in [-0.05, 0) is 44.3 Å². The van der Waals surface area contributed by atoms with Crippen molar-refractivity contribution >= 4 is 5.91 Å². The summed E-state index contributed by atoms with van der Waals surface area (Å²) in [5.74, 6) is -0.0145. The molecule has 0 radical (unpaired) electrons. The van der Waals surface area contributed by atoms with Gasteiger partial charge in [-0.15, -0.1) is 5.10 Å². The molecule has 0 bridgehead atoms. The van der Waals surface area contributed by atoms with Gasteiger partial charge in [0.05, 0.1) is 18.3 Å². The van der Waals surface area contributed by atoms with E-state index in [0.717, 1.165) is 51.7 Å². The van der Waals surface area contributed by atoms with Crippen LogP contribution in [-0.4, -0.2) is 45.4 Å². The first-order valence-corrected chi connectivity index (χ1v) is 10.2. The molecule has 1 fully saturated rings. The van der Waals surface area contributed by atoms with Gasteiger partial charge in [0.15, 0.2) is 5.69 Å². The van der Waals surface area contributed by atoms with Crippen LogP contribution in [0.5, 0.6) is 0 Å². The minimum atomic E-state index is -0.0145. The van der Waals surface area contributed by atoms with Crippen molar-refractivity contribution in [1.29, 1.82) is 0 Å². The fraction of sp³-hybridized carbons (Fsp3) is 0.571. The molecule has 1 aliphatic rings. The van der Waals surface area contributed by atoms with E-state index in [1.54, 1.807) is 0 Å². The van der Waals surface area contributed by atoms with Crippen molar-refractivity contribution in [2.45, 2.75) is 58.0 Å². The predicted octanol–water partition coefficient (Wildman–Crippen LogP) is 3.60. The Morgan fingerprint density at radius 2 is 2.00 bits per heavy atom. The molecule has 2 heterocycles. The Morgan fingerprint density at radius 1 is 1.26 bits per heavy atom. The van der Waals surface area contributed by atoms with Gasteiger partial charge < -0.3 is 10.2 Å². The highest BCUT2D eigenvalue weighted by molar-refractivity contribution is 5.92. The molecule has 1 N–H and O–H groups in total. The minimum absolute atomic E-state index is 0.0145. The quantitative estimate of drug-likeness (QED) is 0.772. The van der Waals surface area contributed by atoms with Crippen LogP contribution in [0, 0.1) is 0 Å². The lowest BCUT2D eigenvalue weighted by molar-refractivity contribution is 0.0661. The Morgan fingerprint density at radius 3 is 2.67 bits per heavy atom. The molecule has 6 heteroatoms. The van der Waals surface area contributed by atoms with Crippen LogP contribution in [0.25, 0.3) is 0 Å². The van der Waals surface area contributed by atoms with Gasteiger partial charge in [0.2, 0.25) is 0 Å². The van der Waals surface area contributed by atoms with Crippen molar-refractivity contribution in [2.24, 2.45) is 0 Å². The molecule has 2 aromatic rings. The van der Waals surface area contributed by atoms with Crippen molar-refractivity contribution in [3.63, 3.8) is 0 Å². The van der Waals surface area contributed by atoms with Crippen LogP contribution in [0.4, 0.5) is 0 Å². The smallest absolute Gasteiger partial charge is 0.276 e. The second kappa shape index (κ2) is 9.65. The number of nitrogens with one attached hydrogen (secondary N) is 1. The molecular formula is C21H31N5O. The number of amides is 1. The zero-order valence-electron chi connectivity index (χ0n) is 16.5. The van der Waals surface area contributed by atoms with Crippen LogP contribution in [0.1, 0.15) is 74.1 Å². The van der Waals surface area contributed by atoms with Gasteiger partial charge >= 0.3 is 0 Å². The summed E-state index contributed by atoms with van der Waals surface area (Å²) in [7, 11) is 0. The summed E-state index contributed by atoms with van der Waals surface area (Å²) in [6.45, 7) is 7.00. The molecule has 27 heavy (non-hydrogen) atoms. The van der Waals surface area contributed by atoms with E-state index in [0.29, 0.717) is 11.7 Å². The summed E-state index contributed by atoms with van der Waals surface area (Å²) in [5, 5.41) is 11.9. The van der Waals surface area contributed by atoms with Crippen molar-refractivity contribution in [3.8, 4) is 0 Å². The van der Waals surface area contributed by atoms with Crippen LogP contribution in [-0.2, 0) is 0 Å². The Balaban J connectivity index is 1.81. The highest BCUT2D eigenvalue weighted by atomic mass is 16.2. The van der Waals surface area contributed by atoms with E-state index in [9.17, 15) is 4.79 Å². The summed E-state index contributed by atoms with van der Waals surface area (Å²) >= 11 is 0. The summed E-state index contributed by atoms with van der Waals surface area (Å²) in [5.41, 5.74) is 1.63. The SMILES string of the molecule is CCCCN(C(=O)c1cn(C2CCNCC2)nn1)C(CC)c1ccccc1. The highest BCUT2D eigenvalue weighted by Gasteiger charge is 2.27. The summed E-state index contributed by atoms with van der Waals surface area (Å²) in [4.78, 5) is 15.3. The normalized spacial score (nSPS) is 16.2. The van der Waals surface area contributed by atoms with Crippen LogP contribution < -0.4 is 5.32 Å². The molecule has 6 nitrogen and oxygen atoms in total. The monoisotopic (exact) mass is 369 g/mol. The number of unbranched alkanes of at least 4 members (excludes halogenated alkanes) is 1. The van der Waals surface area contributed by atoms with Crippen LogP contribution in [0.3, 0.4) is 0 Å². The zero-order valence-corrected chi connectivity index (χ0v) is 16.5. The third-order valence-electron chi connectivity index (χ3n) is 5.37. The Kier molecular flexibility index (Phi) is 6.98. The van der Waals surface area contributed by atoms with Gasteiger partial charge in [0.1, 0.15) is 0 Å². The maximum atomic E-state index is 13.3. The lowest BCUT2D eigenvalue weighted by atomic mass is 10.0. The lowest BCUT2D eigenvalue weighted by Crippen LogP contribution is -2.36. The van der Waals surface area contributed by atoms with Crippen molar-refractivity contribution < 1.29 is 4.79 Å². The van der Waals surface area contributed by atoms with Gasteiger partial charge in [0, 0.05) is 6.54 Å². The fourth-order valence-electron chi connectivity index (χ4n) is 3.81. The number of nitrogens with zero attached hydrogens (tertiary/aromatic N) is 4. The number of carbonyl (C=O) groups is 1. The molecule has 1 aliphatic heterocycles. The molecule has 0 saturated carbocycles. The van der Waals surface area contributed by atoms with Gasteiger partial charge in [-0.3, -0.25) is 4.79 Å².